The first-order valence-electron chi connectivity index (χ1n) is 10.8. The number of carboxylic acids is 1. The number of aryl methyl sites for hydroxylation is 1. The van der Waals surface area contributed by atoms with Crippen LogP contribution in [0.1, 0.15) is 37.0 Å². The van der Waals surface area contributed by atoms with E-state index in [2.05, 4.69) is 9.97 Å². The van der Waals surface area contributed by atoms with Crippen LogP contribution in [0.2, 0.25) is 5.02 Å². The Hall–Kier alpha value is -3.35. The first kappa shape index (κ1) is 22.8. The van der Waals surface area contributed by atoms with Gasteiger partial charge in [0.05, 0.1) is 11.2 Å². The van der Waals surface area contributed by atoms with Gasteiger partial charge in [-0.15, -0.1) is 0 Å². The minimum atomic E-state index is -1.09. The zero-order valence-electron chi connectivity index (χ0n) is 18.5. The molecule has 1 unspecified atom stereocenters. The summed E-state index contributed by atoms with van der Waals surface area (Å²) in [6.45, 7) is 4.31. The minimum absolute atomic E-state index is 0.371. The minimum Gasteiger partial charge on any atom is -0.479 e. The van der Waals surface area contributed by atoms with E-state index in [1.165, 1.54) is 6.33 Å². The van der Waals surface area contributed by atoms with E-state index in [1.807, 2.05) is 44.2 Å². The van der Waals surface area contributed by atoms with Gasteiger partial charge in [0.15, 0.2) is 6.10 Å². The van der Waals surface area contributed by atoms with Gasteiger partial charge in [0.2, 0.25) is 0 Å². The number of benzene rings is 2. The molecular weight excluding hydrogens is 438 g/mol. The van der Waals surface area contributed by atoms with Crippen LogP contribution in [0.5, 0.6) is 0 Å². The fraction of sp³-hybridized carbons (Fsp3) is 0.231. The van der Waals surface area contributed by atoms with Crippen molar-refractivity contribution in [2.24, 2.45) is 0 Å². The van der Waals surface area contributed by atoms with Gasteiger partial charge in [-0.3, -0.25) is 0 Å². The molecule has 0 aliphatic carbocycles. The lowest BCUT2D eigenvalue weighted by Gasteiger charge is -2.22. The number of rotatable bonds is 8. The van der Waals surface area contributed by atoms with Crippen LogP contribution in [0.15, 0.2) is 61.2 Å². The van der Waals surface area contributed by atoms with Crippen LogP contribution in [-0.2, 0) is 9.53 Å². The molecule has 7 heteroatoms. The number of carboxylic acid groups (broad SMARTS) is 1. The average molecular weight is 462 g/mol. The third kappa shape index (κ3) is 4.87. The van der Waals surface area contributed by atoms with E-state index >= 15 is 0 Å². The van der Waals surface area contributed by atoms with Gasteiger partial charge in [-0.1, -0.05) is 43.1 Å². The summed E-state index contributed by atoms with van der Waals surface area (Å²) in [5.41, 5.74) is 5.36. The third-order valence-corrected chi connectivity index (χ3v) is 5.75. The molecule has 0 radical (unpaired) electrons. The molecule has 1 N–H and O–H groups in total. The fourth-order valence-corrected chi connectivity index (χ4v) is 4.03. The second-order valence-electron chi connectivity index (χ2n) is 7.82. The number of hydrogen-bond donors (Lipinski definition) is 1. The number of nitrogens with zero attached hydrogens (tertiary/aromatic N) is 3. The molecule has 0 spiro atoms. The van der Waals surface area contributed by atoms with E-state index in [9.17, 15) is 9.90 Å². The van der Waals surface area contributed by atoms with Gasteiger partial charge in [0.25, 0.3) is 0 Å². The molecule has 168 valence electrons. The van der Waals surface area contributed by atoms with Crippen molar-refractivity contribution in [2.75, 3.05) is 6.61 Å². The molecule has 0 saturated heterocycles. The highest BCUT2D eigenvalue weighted by Crippen LogP contribution is 2.39. The summed E-state index contributed by atoms with van der Waals surface area (Å²) in [6.07, 6.45) is 5.52. The quantitative estimate of drug-likeness (QED) is 0.311. The van der Waals surface area contributed by atoms with Crippen molar-refractivity contribution >= 4 is 28.5 Å². The van der Waals surface area contributed by atoms with Crippen molar-refractivity contribution in [3.63, 3.8) is 0 Å². The first-order valence-corrected chi connectivity index (χ1v) is 11.2. The van der Waals surface area contributed by atoms with Gasteiger partial charge < -0.3 is 9.84 Å². The SMILES string of the molecule is CCCCOC(C(=O)O)c1c(C)cc2nc(-c3cncnc3)ccc2c1-c1ccc(Cl)cc1. The van der Waals surface area contributed by atoms with Crippen molar-refractivity contribution in [1.29, 1.82) is 0 Å². The van der Waals surface area contributed by atoms with Crippen LogP contribution in [0, 0.1) is 6.92 Å². The Kier molecular flexibility index (Phi) is 6.96. The summed E-state index contributed by atoms with van der Waals surface area (Å²) >= 11 is 6.13. The summed E-state index contributed by atoms with van der Waals surface area (Å²) in [5, 5.41) is 11.5. The van der Waals surface area contributed by atoms with Gasteiger partial charge >= 0.3 is 5.97 Å². The molecule has 0 aliphatic rings. The molecule has 4 rings (SSSR count). The Morgan fingerprint density at radius 2 is 1.82 bits per heavy atom. The zero-order valence-corrected chi connectivity index (χ0v) is 19.2. The number of aliphatic carboxylic acids is 1. The lowest BCUT2D eigenvalue weighted by atomic mass is 9.88. The summed E-state index contributed by atoms with van der Waals surface area (Å²) in [5.74, 6) is -1.02. The van der Waals surface area contributed by atoms with E-state index in [0.717, 1.165) is 51.7 Å². The number of hydrogen-bond acceptors (Lipinski definition) is 5. The molecule has 2 aromatic heterocycles. The smallest absolute Gasteiger partial charge is 0.337 e. The monoisotopic (exact) mass is 461 g/mol. The molecule has 4 aromatic rings. The predicted octanol–water partition coefficient (Wildman–Crippen LogP) is 6.26. The topological polar surface area (TPSA) is 85.2 Å². The maximum absolute atomic E-state index is 12.3. The normalized spacial score (nSPS) is 12.1. The predicted molar refractivity (Wildman–Crippen MR) is 129 cm³/mol. The number of fused-ring (bicyclic) bond motifs is 1. The van der Waals surface area contributed by atoms with E-state index in [0.29, 0.717) is 17.2 Å². The Morgan fingerprint density at radius 1 is 1.09 bits per heavy atom. The molecule has 33 heavy (non-hydrogen) atoms. The van der Waals surface area contributed by atoms with E-state index < -0.39 is 12.1 Å². The molecule has 2 aromatic carbocycles. The van der Waals surface area contributed by atoms with Crippen LogP contribution in [0.4, 0.5) is 0 Å². The van der Waals surface area contributed by atoms with Gasteiger partial charge in [-0.05, 0) is 54.3 Å². The van der Waals surface area contributed by atoms with Crippen LogP contribution in [0.3, 0.4) is 0 Å². The molecule has 0 saturated carbocycles. The highest BCUT2D eigenvalue weighted by atomic mass is 35.5. The van der Waals surface area contributed by atoms with Crippen molar-refractivity contribution in [3.05, 3.63) is 77.3 Å². The Bertz CT molecular complexity index is 1280. The lowest BCUT2D eigenvalue weighted by Crippen LogP contribution is -2.18. The van der Waals surface area contributed by atoms with E-state index in [4.69, 9.17) is 21.3 Å². The number of unbranched alkanes of at least 4 members (excludes halogenated alkanes) is 1. The first-order chi connectivity index (χ1) is 16.0. The summed E-state index contributed by atoms with van der Waals surface area (Å²) in [6, 6.07) is 13.2. The van der Waals surface area contributed by atoms with Crippen LogP contribution < -0.4 is 0 Å². The van der Waals surface area contributed by atoms with Crippen molar-refractivity contribution < 1.29 is 14.6 Å². The number of pyridine rings is 1. The zero-order chi connectivity index (χ0) is 23.4. The highest BCUT2D eigenvalue weighted by molar-refractivity contribution is 6.30. The molecule has 0 amide bonds. The van der Waals surface area contributed by atoms with E-state index in [1.54, 1.807) is 24.5 Å². The van der Waals surface area contributed by atoms with Crippen LogP contribution in [-0.4, -0.2) is 32.6 Å². The van der Waals surface area contributed by atoms with Crippen molar-refractivity contribution in [3.8, 4) is 22.4 Å². The molecule has 1 atom stereocenters. The molecule has 0 aliphatic heterocycles. The third-order valence-electron chi connectivity index (χ3n) is 5.50. The van der Waals surface area contributed by atoms with Crippen molar-refractivity contribution in [1.82, 2.24) is 15.0 Å². The van der Waals surface area contributed by atoms with Crippen molar-refractivity contribution in [2.45, 2.75) is 32.8 Å². The molecular formula is C26H24ClN3O3. The van der Waals surface area contributed by atoms with Crippen LogP contribution in [0.25, 0.3) is 33.3 Å². The van der Waals surface area contributed by atoms with E-state index in [-0.39, 0.29) is 0 Å². The fourth-order valence-electron chi connectivity index (χ4n) is 3.90. The highest BCUT2D eigenvalue weighted by Gasteiger charge is 2.28. The Balaban J connectivity index is 1.96. The second-order valence-corrected chi connectivity index (χ2v) is 8.26. The number of ether oxygens (including phenoxy) is 1. The summed E-state index contributed by atoms with van der Waals surface area (Å²) < 4.78 is 5.88. The standard InChI is InChI=1S/C26H24ClN3O3/c1-3-4-11-33-25(26(31)32)23-16(2)12-22-20(24(23)17-5-7-19(27)8-6-17)9-10-21(30-22)18-13-28-15-29-14-18/h5-10,12-15,25H,3-4,11H2,1-2H3,(H,31,32). The second kappa shape index (κ2) is 10.1. The van der Waals surface area contributed by atoms with Gasteiger partial charge in [-0.25, -0.2) is 19.7 Å². The van der Waals surface area contributed by atoms with Crippen LogP contribution >= 0.6 is 11.6 Å². The molecule has 0 bridgehead atoms. The van der Waals surface area contributed by atoms with Gasteiger partial charge in [0.1, 0.15) is 6.33 Å². The maximum atomic E-state index is 12.3. The average Bonchev–Trinajstić information content (AvgIpc) is 2.82. The number of halogens is 1. The van der Waals surface area contributed by atoms with Gasteiger partial charge in [-0.2, -0.15) is 0 Å². The number of aromatic nitrogens is 3. The summed E-state index contributed by atoms with van der Waals surface area (Å²) in [4.78, 5) is 25.3. The lowest BCUT2D eigenvalue weighted by molar-refractivity contribution is -0.151. The largest absolute Gasteiger partial charge is 0.479 e. The maximum Gasteiger partial charge on any atom is 0.337 e. The Labute approximate surface area is 197 Å². The number of carbonyl (C=O) groups is 1. The molecule has 2 heterocycles. The molecule has 0 fully saturated rings. The summed E-state index contributed by atoms with van der Waals surface area (Å²) in [7, 11) is 0. The Morgan fingerprint density at radius 3 is 2.48 bits per heavy atom. The van der Waals surface area contributed by atoms with Gasteiger partial charge in [0, 0.05) is 40.5 Å². The molecule has 6 nitrogen and oxygen atoms in total.